The number of carbonyl (C=O) groups excluding carboxylic acids is 2. The van der Waals surface area contributed by atoms with E-state index in [0.29, 0.717) is 46.4 Å². The van der Waals surface area contributed by atoms with E-state index >= 15 is 0 Å². The Balaban J connectivity index is 1.53. The van der Waals surface area contributed by atoms with Crippen molar-refractivity contribution in [2.45, 2.75) is 6.04 Å². The Morgan fingerprint density at radius 1 is 1.11 bits per heavy atom. The van der Waals surface area contributed by atoms with Crippen LogP contribution in [-0.2, 0) is 9.59 Å². The summed E-state index contributed by atoms with van der Waals surface area (Å²) < 4.78 is 11.8. The van der Waals surface area contributed by atoms with Gasteiger partial charge in [0.1, 0.15) is 29.6 Å². The summed E-state index contributed by atoms with van der Waals surface area (Å²) in [4.78, 5) is 34.9. The number of phenolic OH excluding ortho intramolecular Hbond substituents is 1. The lowest BCUT2D eigenvalue weighted by Gasteiger charge is -2.28. The number of Topliss-reactive ketones (excluding diaryl/α,β-unsaturated/α-hetero) is 1. The number of aliphatic hydroxyl groups is 1. The monoisotopic (exact) mass is 529 g/mol. The number of nitrogens with zero attached hydrogens (tertiary/aromatic N) is 3. The fourth-order valence-corrected chi connectivity index (χ4v) is 5.80. The Morgan fingerprint density at radius 3 is 2.66 bits per heavy atom. The maximum absolute atomic E-state index is 13.5. The molecule has 1 saturated heterocycles. The molecule has 1 amide bonds. The van der Waals surface area contributed by atoms with Gasteiger partial charge in [-0.2, -0.15) is 0 Å². The Bertz CT molecular complexity index is 1630. The van der Waals surface area contributed by atoms with Crippen LogP contribution in [0.1, 0.15) is 17.2 Å². The highest BCUT2D eigenvalue weighted by Gasteiger charge is 2.48. The van der Waals surface area contributed by atoms with Gasteiger partial charge >= 0.3 is 5.91 Å². The zero-order valence-corrected chi connectivity index (χ0v) is 21.4. The molecule has 0 radical (unpaired) electrons. The molecule has 0 bridgehead atoms. The van der Waals surface area contributed by atoms with E-state index in [9.17, 15) is 19.8 Å². The number of amides is 1. The van der Waals surface area contributed by atoms with Gasteiger partial charge in [0.25, 0.3) is 5.78 Å². The zero-order valence-electron chi connectivity index (χ0n) is 20.5. The second-order valence-corrected chi connectivity index (χ2v) is 10.1. The van der Waals surface area contributed by atoms with Crippen LogP contribution >= 0.6 is 11.3 Å². The molecular formula is C28H23N3O6S. The van der Waals surface area contributed by atoms with Crippen LogP contribution < -0.4 is 19.3 Å². The summed E-state index contributed by atoms with van der Waals surface area (Å²) in [6.07, 6.45) is 0. The van der Waals surface area contributed by atoms with Crippen molar-refractivity contribution in [1.29, 1.82) is 0 Å². The highest BCUT2D eigenvalue weighted by Crippen LogP contribution is 2.45. The number of thiazole rings is 1. The van der Waals surface area contributed by atoms with E-state index in [0.717, 1.165) is 10.4 Å². The number of rotatable bonds is 4. The third kappa shape index (κ3) is 3.81. The first-order valence-corrected chi connectivity index (χ1v) is 12.7. The molecule has 0 aliphatic carbocycles. The third-order valence-electron chi connectivity index (χ3n) is 6.77. The van der Waals surface area contributed by atoms with Crippen LogP contribution in [0.3, 0.4) is 0 Å². The number of fused-ring (bicyclic) bond motifs is 2. The molecule has 0 saturated carbocycles. The van der Waals surface area contributed by atoms with Crippen molar-refractivity contribution in [2.24, 2.45) is 0 Å². The largest absolute Gasteiger partial charge is 0.508 e. The molecule has 3 heterocycles. The summed E-state index contributed by atoms with van der Waals surface area (Å²) in [5, 5.41) is 21.7. The molecule has 1 aromatic heterocycles. The average Bonchev–Trinajstić information content (AvgIpc) is 3.46. The predicted molar refractivity (Wildman–Crippen MR) is 144 cm³/mol. The first kappa shape index (κ1) is 23.8. The molecule has 4 aromatic rings. The van der Waals surface area contributed by atoms with Gasteiger partial charge in [-0.15, -0.1) is 0 Å². The minimum Gasteiger partial charge on any atom is -0.508 e. The van der Waals surface area contributed by atoms with Crippen molar-refractivity contribution < 1.29 is 29.3 Å². The number of benzene rings is 3. The van der Waals surface area contributed by atoms with Gasteiger partial charge in [-0.25, -0.2) is 4.98 Å². The van der Waals surface area contributed by atoms with Crippen LogP contribution in [-0.4, -0.2) is 54.2 Å². The Morgan fingerprint density at radius 2 is 1.89 bits per heavy atom. The molecule has 2 N–H and O–H groups in total. The fourth-order valence-electron chi connectivity index (χ4n) is 4.78. The van der Waals surface area contributed by atoms with E-state index in [1.807, 2.05) is 18.0 Å². The number of anilines is 2. The van der Waals surface area contributed by atoms with E-state index in [-0.39, 0.29) is 17.1 Å². The summed E-state index contributed by atoms with van der Waals surface area (Å²) in [6, 6.07) is 15.8. The van der Waals surface area contributed by atoms with Crippen molar-refractivity contribution in [3.63, 3.8) is 0 Å². The number of ether oxygens (including phenoxy) is 2. The molecule has 2 aliphatic heterocycles. The van der Waals surface area contributed by atoms with Gasteiger partial charge in [0.15, 0.2) is 5.13 Å². The molecule has 10 heteroatoms. The number of aromatic hydroxyl groups is 1. The van der Waals surface area contributed by atoms with Gasteiger partial charge < -0.3 is 24.6 Å². The van der Waals surface area contributed by atoms with Crippen LogP contribution in [0, 0.1) is 0 Å². The lowest BCUT2D eigenvalue weighted by Crippen LogP contribution is -2.29. The third-order valence-corrected chi connectivity index (χ3v) is 7.79. The number of ketones is 1. The lowest BCUT2D eigenvalue weighted by molar-refractivity contribution is -0.132. The molecule has 2 aliphatic rings. The Hall–Kier alpha value is -4.57. The highest BCUT2D eigenvalue weighted by atomic mass is 32.1. The number of aromatic nitrogens is 1. The van der Waals surface area contributed by atoms with Gasteiger partial charge in [0.05, 0.1) is 41.2 Å². The highest BCUT2D eigenvalue weighted by molar-refractivity contribution is 7.22. The summed E-state index contributed by atoms with van der Waals surface area (Å²) in [5.74, 6) is -0.556. The van der Waals surface area contributed by atoms with Crippen LogP contribution in [0.5, 0.6) is 17.2 Å². The maximum atomic E-state index is 13.5. The van der Waals surface area contributed by atoms with Crippen molar-refractivity contribution in [3.8, 4) is 17.2 Å². The molecule has 1 fully saturated rings. The first-order valence-electron chi connectivity index (χ1n) is 11.9. The van der Waals surface area contributed by atoms with Crippen LogP contribution in [0.2, 0.25) is 0 Å². The SMILES string of the molecule is COc1ccc2nc(N3C(=O)C(=O)/C(=C(/O)c4ccc5c(c4)N(C)CCO5)C3c3ccc(O)cc3)sc2c1. The van der Waals surface area contributed by atoms with Crippen LogP contribution in [0.4, 0.5) is 10.8 Å². The Labute approximate surface area is 221 Å². The lowest BCUT2D eigenvalue weighted by atomic mass is 9.95. The average molecular weight is 530 g/mol. The summed E-state index contributed by atoms with van der Waals surface area (Å²) in [6.45, 7) is 1.23. The molecule has 0 spiro atoms. The standard InChI is InChI=1S/C28H23N3O6S/c1-30-11-12-37-21-10-5-16(13-20(21)30)25(33)23-24(15-3-6-17(32)7-4-15)31(27(35)26(23)34)28-29-19-9-8-18(36-2)14-22(19)38-28/h3-10,13-14,24,32-33H,11-12H2,1-2H3/b25-23+. The normalized spacial score (nSPS) is 18.5. The summed E-state index contributed by atoms with van der Waals surface area (Å²) in [5.41, 5.74) is 2.29. The first-order chi connectivity index (χ1) is 18.4. The molecule has 192 valence electrons. The van der Waals surface area contributed by atoms with E-state index in [4.69, 9.17) is 9.47 Å². The molecular weight excluding hydrogens is 506 g/mol. The van der Waals surface area contributed by atoms with Crippen molar-refractivity contribution in [2.75, 3.05) is 37.1 Å². The predicted octanol–water partition coefficient (Wildman–Crippen LogP) is 4.47. The number of likely N-dealkylation sites (N-methyl/N-ethyl adjacent to an activating group) is 1. The second kappa shape index (κ2) is 9.07. The quantitative estimate of drug-likeness (QED) is 0.226. The maximum Gasteiger partial charge on any atom is 0.301 e. The minimum atomic E-state index is -0.955. The minimum absolute atomic E-state index is 0.0375. The molecule has 1 atom stereocenters. The van der Waals surface area contributed by atoms with Gasteiger partial charge in [-0.3, -0.25) is 14.5 Å². The summed E-state index contributed by atoms with van der Waals surface area (Å²) >= 11 is 1.24. The topological polar surface area (TPSA) is 112 Å². The van der Waals surface area contributed by atoms with E-state index in [2.05, 4.69) is 4.98 Å². The van der Waals surface area contributed by atoms with Crippen molar-refractivity contribution in [3.05, 3.63) is 77.4 Å². The van der Waals surface area contributed by atoms with Gasteiger partial charge in [0, 0.05) is 12.6 Å². The van der Waals surface area contributed by atoms with Crippen molar-refractivity contribution >= 4 is 49.8 Å². The number of hydrogen-bond donors (Lipinski definition) is 2. The molecule has 9 nitrogen and oxygen atoms in total. The number of methoxy groups -OCH3 is 1. The second-order valence-electron chi connectivity index (χ2n) is 9.04. The number of hydrogen-bond acceptors (Lipinski definition) is 9. The number of phenols is 1. The molecule has 1 unspecified atom stereocenters. The molecule has 38 heavy (non-hydrogen) atoms. The van der Waals surface area contributed by atoms with Crippen molar-refractivity contribution in [1.82, 2.24) is 4.98 Å². The van der Waals surface area contributed by atoms with Gasteiger partial charge in [-0.05, 0) is 54.1 Å². The molecule has 3 aromatic carbocycles. The smallest absolute Gasteiger partial charge is 0.301 e. The van der Waals surface area contributed by atoms with Gasteiger partial charge in [0.2, 0.25) is 0 Å². The van der Waals surface area contributed by atoms with Gasteiger partial charge in [-0.1, -0.05) is 23.5 Å². The molecule has 6 rings (SSSR count). The Kier molecular flexibility index (Phi) is 5.68. The van der Waals surface area contributed by atoms with E-state index < -0.39 is 17.7 Å². The number of carbonyl (C=O) groups is 2. The summed E-state index contributed by atoms with van der Waals surface area (Å²) in [7, 11) is 3.49. The van der Waals surface area contributed by atoms with Crippen LogP contribution in [0.25, 0.3) is 16.0 Å². The van der Waals surface area contributed by atoms with E-state index in [1.165, 1.54) is 28.4 Å². The van der Waals surface area contributed by atoms with E-state index in [1.54, 1.807) is 49.6 Å². The zero-order chi connectivity index (χ0) is 26.6. The fraction of sp³-hybridized carbons (Fsp3) is 0.179. The number of aliphatic hydroxyl groups excluding tert-OH is 1. The van der Waals surface area contributed by atoms with Crippen LogP contribution in [0.15, 0.2) is 66.2 Å².